The maximum Gasteiger partial charge on any atom is 0.269 e. The molecule has 1 aliphatic rings. The van der Waals surface area contributed by atoms with Crippen LogP contribution in [0.25, 0.3) is 11.0 Å². The van der Waals surface area contributed by atoms with Crippen molar-refractivity contribution in [3.05, 3.63) is 89.1 Å². The number of ether oxygens (including phenoxy) is 2. The van der Waals surface area contributed by atoms with Gasteiger partial charge >= 0.3 is 0 Å². The summed E-state index contributed by atoms with van der Waals surface area (Å²) < 4.78 is 17.2. The van der Waals surface area contributed by atoms with Crippen molar-refractivity contribution in [3.8, 4) is 11.5 Å². The van der Waals surface area contributed by atoms with Crippen molar-refractivity contribution in [1.29, 1.82) is 0 Å². The summed E-state index contributed by atoms with van der Waals surface area (Å²) in [6, 6.07) is 20.7. The molecule has 0 unspecified atom stereocenters. The van der Waals surface area contributed by atoms with E-state index in [1.54, 1.807) is 66.7 Å². The summed E-state index contributed by atoms with van der Waals surface area (Å²) in [5, 5.41) is 3.95. The zero-order chi connectivity index (χ0) is 21.4. The highest BCUT2D eigenvalue weighted by molar-refractivity contribution is 6.30. The molecule has 1 N–H and O–H groups in total. The third kappa shape index (κ3) is 3.62. The molecular weight excluding hydrogens is 418 g/mol. The van der Waals surface area contributed by atoms with Crippen molar-refractivity contribution in [3.63, 3.8) is 0 Å². The number of ketones is 1. The molecule has 154 valence electrons. The average Bonchev–Trinajstić information content (AvgIpc) is 3.17. The Kier molecular flexibility index (Phi) is 4.84. The number of hydrogen-bond donors (Lipinski definition) is 1. The molecule has 0 saturated carbocycles. The third-order valence-electron chi connectivity index (χ3n) is 4.96. The fourth-order valence-corrected chi connectivity index (χ4v) is 3.54. The van der Waals surface area contributed by atoms with Crippen LogP contribution in [0.1, 0.15) is 16.1 Å². The van der Waals surface area contributed by atoms with E-state index >= 15 is 0 Å². The van der Waals surface area contributed by atoms with E-state index < -0.39 is 12.0 Å². The summed E-state index contributed by atoms with van der Waals surface area (Å²) in [6.07, 6.45) is -0.873. The number of fused-ring (bicyclic) bond motifs is 2. The summed E-state index contributed by atoms with van der Waals surface area (Å²) in [5.74, 6) is 0.303. The van der Waals surface area contributed by atoms with Crippen LogP contribution in [0.15, 0.2) is 77.2 Å². The second kappa shape index (κ2) is 7.81. The van der Waals surface area contributed by atoms with Gasteiger partial charge in [-0.05, 0) is 48.5 Å². The van der Waals surface area contributed by atoms with Crippen molar-refractivity contribution in [2.75, 3.05) is 11.9 Å². The average molecular weight is 434 g/mol. The molecule has 0 bridgehead atoms. The highest BCUT2D eigenvalue weighted by Crippen LogP contribution is 2.34. The van der Waals surface area contributed by atoms with Gasteiger partial charge in [-0.15, -0.1) is 0 Å². The van der Waals surface area contributed by atoms with Gasteiger partial charge in [0.1, 0.15) is 12.2 Å². The molecule has 2 heterocycles. The fourth-order valence-electron chi connectivity index (χ4n) is 3.41. The molecular formula is C24H16ClNO5. The molecule has 7 heteroatoms. The zero-order valence-corrected chi connectivity index (χ0v) is 16.9. The molecule has 0 spiro atoms. The van der Waals surface area contributed by atoms with E-state index in [0.717, 1.165) is 0 Å². The molecule has 1 amide bonds. The minimum Gasteiger partial charge on any atom is -0.485 e. The van der Waals surface area contributed by atoms with Crippen molar-refractivity contribution in [2.45, 2.75) is 6.10 Å². The molecule has 4 aromatic rings. The number of anilines is 1. The van der Waals surface area contributed by atoms with Gasteiger partial charge in [0, 0.05) is 16.0 Å². The number of carbonyl (C=O) groups is 2. The molecule has 0 aliphatic carbocycles. The maximum absolute atomic E-state index is 13.1. The van der Waals surface area contributed by atoms with E-state index in [2.05, 4.69) is 5.32 Å². The molecule has 0 radical (unpaired) electrons. The number of furan rings is 1. The number of benzene rings is 3. The second-order valence-corrected chi connectivity index (χ2v) is 7.43. The molecule has 1 aromatic heterocycles. The minimum atomic E-state index is -0.873. The van der Waals surface area contributed by atoms with Crippen LogP contribution >= 0.6 is 11.6 Å². The van der Waals surface area contributed by atoms with Crippen molar-refractivity contribution < 1.29 is 23.5 Å². The lowest BCUT2D eigenvalue weighted by Gasteiger charge is -2.25. The Hall–Kier alpha value is -3.77. The Balaban J connectivity index is 1.48. The van der Waals surface area contributed by atoms with Crippen LogP contribution in [0, 0.1) is 0 Å². The Morgan fingerprint density at radius 2 is 1.61 bits per heavy atom. The van der Waals surface area contributed by atoms with Gasteiger partial charge in [-0.25, -0.2) is 0 Å². The van der Waals surface area contributed by atoms with Crippen molar-refractivity contribution in [2.24, 2.45) is 0 Å². The third-order valence-corrected chi connectivity index (χ3v) is 5.21. The van der Waals surface area contributed by atoms with Gasteiger partial charge in [0.05, 0.1) is 5.69 Å². The highest BCUT2D eigenvalue weighted by atomic mass is 35.5. The smallest absolute Gasteiger partial charge is 0.269 e. The molecule has 5 rings (SSSR count). The van der Waals surface area contributed by atoms with E-state index in [4.69, 9.17) is 25.5 Å². The van der Waals surface area contributed by atoms with Gasteiger partial charge in [-0.1, -0.05) is 35.9 Å². The Morgan fingerprint density at radius 3 is 2.42 bits per heavy atom. The quantitative estimate of drug-likeness (QED) is 0.453. The number of para-hydroxylation sites is 3. The molecule has 31 heavy (non-hydrogen) atoms. The summed E-state index contributed by atoms with van der Waals surface area (Å²) in [5.41, 5.74) is 1.18. The van der Waals surface area contributed by atoms with Crippen LogP contribution in [-0.4, -0.2) is 24.4 Å². The van der Waals surface area contributed by atoms with E-state index in [9.17, 15) is 9.59 Å². The first-order valence-corrected chi connectivity index (χ1v) is 9.99. The Morgan fingerprint density at radius 1 is 0.903 bits per heavy atom. The lowest BCUT2D eigenvalue weighted by molar-refractivity contribution is -0.125. The number of amides is 1. The number of rotatable bonds is 4. The summed E-state index contributed by atoms with van der Waals surface area (Å²) in [7, 11) is 0. The number of carbonyl (C=O) groups excluding carboxylic acids is 2. The Labute approximate surface area is 182 Å². The Bertz CT molecular complexity index is 1300. The van der Waals surface area contributed by atoms with Crippen LogP contribution in [-0.2, 0) is 4.79 Å². The standard InChI is InChI=1S/C24H16ClNO5/c25-15-11-9-14(10-12-15)22(27)23-21(16-5-1-2-6-17(16)31-23)26-24(28)20-13-29-18-7-3-4-8-19(18)30-20/h1-12,20H,13H2,(H,26,28)/t20-/m1/s1. The van der Waals surface area contributed by atoms with E-state index in [1.807, 2.05) is 6.07 Å². The minimum absolute atomic E-state index is 0.0361. The zero-order valence-electron chi connectivity index (χ0n) is 16.1. The molecule has 1 aliphatic heterocycles. The largest absolute Gasteiger partial charge is 0.485 e. The van der Waals surface area contributed by atoms with Gasteiger partial charge in [-0.2, -0.15) is 0 Å². The number of halogens is 1. The second-order valence-electron chi connectivity index (χ2n) is 6.99. The predicted octanol–water partition coefficient (Wildman–Crippen LogP) is 5.10. The molecule has 1 atom stereocenters. The topological polar surface area (TPSA) is 77.8 Å². The molecule has 0 saturated heterocycles. The van der Waals surface area contributed by atoms with Crippen LogP contribution in [0.3, 0.4) is 0 Å². The SMILES string of the molecule is O=C(c1ccc(Cl)cc1)c1oc2ccccc2c1NC(=O)[C@H]1COc2ccccc2O1. The normalized spacial score (nSPS) is 14.9. The van der Waals surface area contributed by atoms with Crippen LogP contribution in [0.5, 0.6) is 11.5 Å². The van der Waals surface area contributed by atoms with Gasteiger partial charge in [-0.3, -0.25) is 9.59 Å². The van der Waals surface area contributed by atoms with Crippen LogP contribution < -0.4 is 14.8 Å². The van der Waals surface area contributed by atoms with E-state index in [-0.39, 0.29) is 18.2 Å². The first kappa shape index (κ1) is 19.2. The summed E-state index contributed by atoms with van der Waals surface area (Å²) >= 11 is 5.93. The van der Waals surface area contributed by atoms with Gasteiger partial charge in [0.15, 0.2) is 17.3 Å². The highest BCUT2D eigenvalue weighted by Gasteiger charge is 2.30. The van der Waals surface area contributed by atoms with Gasteiger partial charge in [0.2, 0.25) is 11.9 Å². The van der Waals surface area contributed by atoms with Crippen molar-refractivity contribution in [1.82, 2.24) is 0 Å². The predicted molar refractivity (Wildman–Crippen MR) is 116 cm³/mol. The number of hydrogen-bond acceptors (Lipinski definition) is 5. The first-order valence-electron chi connectivity index (χ1n) is 9.61. The summed E-state index contributed by atoms with van der Waals surface area (Å²) in [4.78, 5) is 26.1. The van der Waals surface area contributed by atoms with Crippen molar-refractivity contribution >= 4 is 39.9 Å². The lowest BCUT2D eigenvalue weighted by Crippen LogP contribution is -2.40. The summed E-state index contributed by atoms with van der Waals surface area (Å²) in [6.45, 7) is 0.0547. The molecule has 0 fully saturated rings. The van der Waals surface area contributed by atoms with E-state index in [0.29, 0.717) is 38.7 Å². The van der Waals surface area contributed by atoms with Crippen LogP contribution in [0.2, 0.25) is 5.02 Å². The van der Waals surface area contributed by atoms with Gasteiger partial charge in [0.25, 0.3) is 5.91 Å². The molecule has 3 aromatic carbocycles. The first-order chi connectivity index (χ1) is 15.1. The van der Waals surface area contributed by atoms with Crippen LogP contribution in [0.4, 0.5) is 5.69 Å². The monoisotopic (exact) mass is 433 g/mol. The molecule has 6 nitrogen and oxygen atoms in total. The maximum atomic E-state index is 13.1. The van der Waals surface area contributed by atoms with Gasteiger partial charge < -0.3 is 19.2 Å². The number of nitrogens with one attached hydrogen (secondary N) is 1. The van der Waals surface area contributed by atoms with E-state index in [1.165, 1.54) is 0 Å². The fraction of sp³-hybridized carbons (Fsp3) is 0.0833. The lowest BCUT2D eigenvalue weighted by atomic mass is 10.1.